The number of amides is 1. The van der Waals surface area contributed by atoms with Gasteiger partial charge in [0.2, 0.25) is 10.0 Å². The van der Waals surface area contributed by atoms with Crippen LogP contribution in [0.25, 0.3) is 0 Å². The molecule has 0 aliphatic carbocycles. The lowest BCUT2D eigenvalue weighted by atomic mass is 9.97. The molecule has 2 aromatic carbocycles. The highest BCUT2D eigenvalue weighted by Crippen LogP contribution is 2.19. The van der Waals surface area contributed by atoms with Gasteiger partial charge in [0.15, 0.2) is 0 Å². The van der Waals surface area contributed by atoms with E-state index < -0.39 is 10.0 Å². The predicted molar refractivity (Wildman–Crippen MR) is 107 cm³/mol. The number of aryl methyl sites for hydroxylation is 1. The van der Waals surface area contributed by atoms with Gasteiger partial charge in [0, 0.05) is 30.8 Å². The second-order valence-electron chi connectivity index (χ2n) is 7.16. The minimum atomic E-state index is -3.56. The second-order valence-corrected chi connectivity index (χ2v) is 8.93. The Labute approximate surface area is 165 Å². The van der Waals surface area contributed by atoms with Gasteiger partial charge in [-0.15, -0.1) is 0 Å². The molecule has 7 heteroatoms. The number of rotatable bonds is 6. The third-order valence-corrected chi connectivity index (χ3v) is 6.43. The molecule has 148 valence electrons. The number of nitrogens with zero attached hydrogens (tertiary/aromatic N) is 1. The largest absolute Gasteiger partial charge is 0.338 e. The Bertz CT molecular complexity index is 937. The molecule has 1 fully saturated rings. The summed E-state index contributed by atoms with van der Waals surface area (Å²) in [6, 6.07) is 13.3. The molecule has 1 aliphatic heterocycles. The summed E-state index contributed by atoms with van der Waals surface area (Å²) in [5, 5.41) is 0. The number of carbonyl (C=O) groups excluding carboxylic acids is 2. The Morgan fingerprint density at radius 3 is 2.46 bits per heavy atom. The highest BCUT2D eigenvalue weighted by Gasteiger charge is 2.26. The van der Waals surface area contributed by atoms with Crippen LogP contribution in [0.3, 0.4) is 0 Å². The van der Waals surface area contributed by atoms with E-state index in [4.69, 9.17) is 0 Å². The van der Waals surface area contributed by atoms with Crippen molar-refractivity contribution in [1.29, 1.82) is 0 Å². The molecule has 1 unspecified atom stereocenters. The molecule has 1 atom stereocenters. The van der Waals surface area contributed by atoms with E-state index in [1.165, 1.54) is 0 Å². The summed E-state index contributed by atoms with van der Waals surface area (Å²) in [7, 11) is -3.56. The summed E-state index contributed by atoms with van der Waals surface area (Å²) in [6.45, 7) is 3.36. The van der Waals surface area contributed by atoms with E-state index in [0.29, 0.717) is 30.8 Å². The fourth-order valence-electron chi connectivity index (χ4n) is 3.33. The monoisotopic (exact) mass is 400 g/mol. The van der Waals surface area contributed by atoms with Gasteiger partial charge >= 0.3 is 0 Å². The van der Waals surface area contributed by atoms with Crippen LogP contribution < -0.4 is 4.72 Å². The molecule has 6 nitrogen and oxygen atoms in total. The van der Waals surface area contributed by atoms with Crippen molar-refractivity contribution >= 4 is 22.2 Å². The Kier molecular flexibility index (Phi) is 6.26. The summed E-state index contributed by atoms with van der Waals surface area (Å²) in [4.78, 5) is 25.5. The topological polar surface area (TPSA) is 83.6 Å². The van der Waals surface area contributed by atoms with Gasteiger partial charge in [-0.25, -0.2) is 13.1 Å². The van der Waals surface area contributed by atoms with Crippen LogP contribution in [0.2, 0.25) is 0 Å². The molecule has 2 aromatic rings. The molecule has 0 spiro atoms. The molecular weight excluding hydrogens is 376 g/mol. The Morgan fingerprint density at radius 1 is 1.14 bits per heavy atom. The summed E-state index contributed by atoms with van der Waals surface area (Å²) in [5.74, 6) is -0.0317. The summed E-state index contributed by atoms with van der Waals surface area (Å²) >= 11 is 0. The van der Waals surface area contributed by atoms with Gasteiger partial charge < -0.3 is 4.90 Å². The Balaban J connectivity index is 1.60. The molecule has 0 aromatic heterocycles. The number of carbonyl (C=O) groups is 2. The fourth-order valence-corrected chi connectivity index (χ4v) is 4.45. The van der Waals surface area contributed by atoms with Crippen LogP contribution in [0.4, 0.5) is 0 Å². The van der Waals surface area contributed by atoms with Crippen molar-refractivity contribution in [1.82, 2.24) is 9.62 Å². The van der Waals surface area contributed by atoms with E-state index in [1.54, 1.807) is 53.4 Å². The molecule has 0 radical (unpaired) electrons. The van der Waals surface area contributed by atoms with Crippen LogP contribution in [0.5, 0.6) is 0 Å². The lowest BCUT2D eigenvalue weighted by Gasteiger charge is -2.33. The average Bonchev–Trinajstić information content (AvgIpc) is 2.72. The van der Waals surface area contributed by atoms with E-state index >= 15 is 0 Å². The van der Waals surface area contributed by atoms with Gasteiger partial charge in [0.25, 0.3) is 5.91 Å². The first-order valence-corrected chi connectivity index (χ1v) is 10.8. The summed E-state index contributed by atoms with van der Waals surface area (Å²) in [5.41, 5.74) is 2.06. The van der Waals surface area contributed by atoms with Crippen molar-refractivity contribution in [2.75, 3.05) is 19.6 Å². The van der Waals surface area contributed by atoms with Crippen molar-refractivity contribution in [3.63, 3.8) is 0 Å². The fraction of sp³-hybridized carbons (Fsp3) is 0.333. The smallest absolute Gasteiger partial charge is 0.253 e. The van der Waals surface area contributed by atoms with E-state index in [2.05, 4.69) is 4.72 Å². The van der Waals surface area contributed by atoms with Crippen molar-refractivity contribution in [3.05, 3.63) is 65.2 Å². The average molecular weight is 401 g/mol. The molecule has 1 amide bonds. The van der Waals surface area contributed by atoms with Crippen molar-refractivity contribution < 1.29 is 18.0 Å². The minimum absolute atomic E-state index is 0.0622. The van der Waals surface area contributed by atoms with E-state index in [1.807, 2.05) is 6.92 Å². The van der Waals surface area contributed by atoms with Crippen LogP contribution in [0.1, 0.15) is 39.1 Å². The zero-order valence-electron chi connectivity index (χ0n) is 15.8. The van der Waals surface area contributed by atoms with Crippen LogP contribution in [-0.2, 0) is 10.0 Å². The SMILES string of the molecule is Cc1ccc(S(=O)(=O)NCC2CCCN(C(=O)c3ccc(C=O)cc3)C2)cc1. The first kappa shape index (κ1) is 20.2. The zero-order chi connectivity index (χ0) is 20.1. The Morgan fingerprint density at radius 2 is 1.82 bits per heavy atom. The molecular formula is C21H24N2O4S. The predicted octanol–water partition coefficient (Wildman–Crippen LogP) is 2.64. The van der Waals surface area contributed by atoms with Gasteiger partial charge in [0.05, 0.1) is 4.90 Å². The van der Waals surface area contributed by atoms with E-state index in [0.717, 1.165) is 24.7 Å². The molecule has 28 heavy (non-hydrogen) atoms. The number of sulfonamides is 1. The Hall–Kier alpha value is -2.51. The third-order valence-electron chi connectivity index (χ3n) is 4.99. The van der Waals surface area contributed by atoms with Gasteiger partial charge in [0.1, 0.15) is 6.29 Å². The number of hydrogen-bond acceptors (Lipinski definition) is 4. The number of likely N-dealkylation sites (tertiary alicyclic amines) is 1. The highest BCUT2D eigenvalue weighted by atomic mass is 32.2. The van der Waals surface area contributed by atoms with Gasteiger partial charge in [-0.1, -0.05) is 29.8 Å². The van der Waals surface area contributed by atoms with Crippen LogP contribution in [0.15, 0.2) is 53.4 Å². The summed E-state index contributed by atoms with van der Waals surface area (Å²) < 4.78 is 27.6. The molecule has 3 rings (SSSR count). The molecule has 0 saturated carbocycles. The first-order chi connectivity index (χ1) is 13.4. The normalized spacial score (nSPS) is 17.3. The van der Waals surface area contributed by atoms with Gasteiger partial charge in [-0.05, 0) is 49.9 Å². The molecule has 1 heterocycles. The van der Waals surface area contributed by atoms with Crippen LogP contribution >= 0.6 is 0 Å². The maximum absolute atomic E-state index is 12.7. The van der Waals surface area contributed by atoms with Crippen molar-refractivity contribution in [2.24, 2.45) is 5.92 Å². The van der Waals surface area contributed by atoms with Crippen molar-refractivity contribution in [3.8, 4) is 0 Å². The van der Waals surface area contributed by atoms with E-state index in [-0.39, 0.29) is 16.7 Å². The number of piperidine rings is 1. The number of nitrogens with one attached hydrogen (secondary N) is 1. The molecule has 1 saturated heterocycles. The standard InChI is InChI=1S/C21H24N2O4S/c1-16-4-10-20(11-5-16)28(26,27)22-13-18-3-2-12-23(14-18)21(25)19-8-6-17(15-24)7-9-19/h4-11,15,18,22H,2-3,12-14H2,1H3. The van der Waals surface area contributed by atoms with Gasteiger partial charge in [-0.3, -0.25) is 9.59 Å². The summed E-state index contributed by atoms with van der Waals surface area (Å²) in [6.07, 6.45) is 2.44. The number of hydrogen-bond donors (Lipinski definition) is 1. The highest BCUT2D eigenvalue weighted by molar-refractivity contribution is 7.89. The van der Waals surface area contributed by atoms with Crippen LogP contribution in [0, 0.1) is 12.8 Å². The van der Waals surface area contributed by atoms with Gasteiger partial charge in [-0.2, -0.15) is 0 Å². The zero-order valence-corrected chi connectivity index (χ0v) is 16.6. The minimum Gasteiger partial charge on any atom is -0.338 e. The quantitative estimate of drug-likeness (QED) is 0.756. The lowest BCUT2D eigenvalue weighted by molar-refractivity contribution is 0.0676. The van der Waals surface area contributed by atoms with Crippen LogP contribution in [-0.4, -0.2) is 45.1 Å². The van der Waals surface area contributed by atoms with E-state index in [9.17, 15) is 18.0 Å². The molecule has 1 aliphatic rings. The lowest BCUT2D eigenvalue weighted by Crippen LogP contribution is -2.43. The maximum atomic E-state index is 12.7. The molecule has 0 bridgehead atoms. The maximum Gasteiger partial charge on any atom is 0.253 e. The third kappa shape index (κ3) is 4.85. The van der Waals surface area contributed by atoms with Crippen molar-refractivity contribution in [2.45, 2.75) is 24.7 Å². The number of aldehydes is 1. The first-order valence-electron chi connectivity index (χ1n) is 9.30. The molecule has 1 N–H and O–H groups in total. The number of benzene rings is 2. The second kappa shape index (κ2) is 8.67.